The van der Waals surface area contributed by atoms with E-state index in [4.69, 9.17) is 0 Å². The quantitative estimate of drug-likeness (QED) is 0.228. The fourth-order valence-electron chi connectivity index (χ4n) is 2.98. The first-order chi connectivity index (χ1) is 12.3. The number of nitrogens with one attached hydrogen (secondary N) is 2. The summed E-state index contributed by atoms with van der Waals surface area (Å²) in [6.45, 7) is 4.22. The molecule has 0 unspecified atom stereocenters. The summed E-state index contributed by atoms with van der Waals surface area (Å²) in [7, 11) is 1.81. The molecule has 0 aromatic heterocycles. The van der Waals surface area contributed by atoms with Gasteiger partial charge in [0.15, 0.2) is 5.78 Å². The Bertz CT molecular complexity index is 302. The topological polar surface area (TPSA) is 41.1 Å². The Balaban J connectivity index is 3.11. The van der Waals surface area contributed by atoms with Crippen LogP contribution in [-0.4, -0.2) is 32.5 Å². The van der Waals surface area contributed by atoms with Gasteiger partial charge >= 0.3 is 0 Å². The van der Waals surface area contributed by atoms with Gasteiger partial charge in [-0.25, -0.2) is 0 Å². The molecule has 0 aliphatic heterocycles. The first kappa shape index (κ1) is 24.3. The van der Waals surface area contributed by atoms with Crippen molar-refractivity contribution >= 4 is 5.78 Å². The summed E-state index contributed by atoms with van der Waals surface area (Å²) in [5.74, 6) is 0.243. The normalized spacial score (nSPS) is 11.4. The molecular weight excluding hydrogens is 308 g/mol. The molecule has 0 aliphatic carbocycles. The van der Waals surface area contributed by atoms with E-state index in [1.807, 2.05) is 7.05 Å². The highest BCUT2D eigenvalue weighted by Crippen LogP contribution is 2.09. The van der Waals surface area contributed by atoms with Gasteiger partial charge in [-0.15, -0.1) is 0 Å². The molecule has 25 heavy (non-hydrogen) atoms. The molecule has 0 heterocycles. The summed E-state index contributed by atoms with van der Waals surface area (Å²) >= 11 is 0. The summed E-state index contributed by atoms with van der Waals surface area (Å²) in [6, 6.07) is 0. The van der Waals surface area contributed by atoms with Crippen LogP contribution < -0.4 is 10.6 Å². The molecule has 0 rings (SSSR count). The van der Waals surface area contributed by atoms with E-state index in [2.05, 4.69) is 29.7 Å². The van der Waals surface area contributed by atoms with Crippen LogP contribution in [0.2, 0.25) is 0 Å². The van der Waals surface area contributed by atoms with Crippen LogP contribution in [0.4, 0.5) is 0 Å². The fraction of sp³-hybridized carbons (Fsp3) is 0.864. The smallest absolute Gasteiger partial charge is 0.160 e. The molecule has 3 nitrogen and oxygen atoms in total. The molecule has 0 aromatic rings. The zero-order valence-corrected chi connectivity index (χ0v) is 17.1. The van der Waals surface area contributed by atoms with Crippen LogP contribution in [0.5, 0.6) is 0 Å². The number of carbonyl (C=O) groups is 1. The molecule has 0 atom stereocenters. The molecule has 2 N–H and O–H groups in total. The Labute approximate surface area is 157 Å². The SMILES string of the molecule is CCCCCCCC/C=C/CCCCCCCCNCC(=O)CNC. The van der Waals surface area contributed by atoms with Gasteiger partial charge in [0.05, 0.1) is 13.1 Å². The van der Waals surface area contributed by atoms with Crippen molar-refractivity contribution in [2.75, 3.05) is 26.7 Å². The lowest BCUT2D eigenvalue weighted by molar-refractivity contribution is -0.117. The van der Waals surface area contributed by atoms with Crippen molar-refractivity contribution in [2.45, 2.75) is 96.8 Å². The summed E-state index contributed by atoms with van der Waals surface area (Å²) in [4.78, 5) is 11.3. The fourth-order valence-corrected chi connectivity index (χ4v) is 2.98. The number of ketones is 1. The lowest BCUT2D eigenvalue weighted by atomic mass is 10.1. The average Bonchev–Trinajstić information content (AvgIpc) is 2.61. The minimum Gasteiger partial charge on any atom is -0.313 e. The number of Topliss-reactive ketones (excluding diaryl/α,β-unsaturated/α-hetero) is 1. The Morgan fingerprint density at radius 1 is 0.720 bits per heavy atom. The molecule has 0 aliphatic rings. The largest absolute Gasteiger partial charge is 0.313 e. The van der Waals surface area contributed by atoms with Gasteiger partial charge in [0, 0.05) is 0 Å². The highest BCUT2D eigenvalue weighted by atomic mass is 16.1. The van der Waals surface area contributed by atoms with Gasteiger partial charge in [-0.1, -0.05) is 76.9 Å². The molecule has 0 fully saturated rings. The van der Waals surface area contributed by atoms with E-state index in [1.54, 1.807) is 0 Å². The molecule has 0 radical (unpaired) electrons. The number of hydrogen-bond acceptors (Lipinski definition) is 3. The van der Waals surface area contributed by atoms with Gasteiger partial charge in [0.25, 0.3) is 0 Å². The van der Waals surface area contributed by atoms with Gasteiger partial charge in [-0.3, -0.25) is 4.79 Å². The Morgan fingerprint density at radius 2 is 1.24 bits per heavy atom. The van der Waals surface area contributed by atoms with Crippen LogP contribution in [0, 0.1) is 0 Å². The molecule has 0 amide bonds. The highest BCUT2D eigenvalue weighted by molar-refractivity contribution is 5.82. The maximum absolute atomic E-state index is 11.3. The predicted octanol–water partition coefficient (Wildman–Crippen LogP) is 5.40. The lowest BCUT2D eigenvalue weighted by Gasteiger charge is -2.04. The molecule has 148 valence electrons. The average molecular weight is 353 g/mol. The van der Waals surface area contributed by atoms with Crippen molar-refractivity contribution in [3.63, 3.8) is 0 Å². The van der Waals surface area contributed by atoms with E-state index < -0.39 is 0 Å². The van der Waals surface area contributed by atoms with Gasteiger partial charge in [0.1, 0.15) is 0 Å². The predicted molar refractivity (Wildman–Crippen MR) is 111 cm³/mol. The zero-order chi connectivity index (χ0) is 18.4. The van der Waals surface area contributed by atoms with Crippen LogP contribution in [-0.2, 0) is 4.79 Å². The van der Waals surface area contributed by atoms with Gasteiger partial charge in [-0.2, -0.15) is 0 Å². The minimum atomic E-state index is 0.243. The van der Waals surface area contributed by atoms with E-state index >= 15 is 0 Å². The number of hydrogen-bond donors (Lipinski definition) is 2. The monoisotopic (exact) mass is 352 g/mol. The maximum Gasteiger partial charge on any atom is 0.160 e. The summed E-state index contributed by atoms with van der Waals surface area (Å²) in [5.41, 5.74) is 0. The number of carbonyl (C=O) groups excluding carboxylic acids is 1. The summed E-state index contributed by atoms with van der Waals surface area (Å²) in [5, 5.41) is 6.10. The maximum atomic E-state index is 11.3. The number of rotatable bonds is 20. The second-order valence-corrected chi connectivity index (χ2v) is 7.18. The molecule has 0 saturated carbocycles. The standard InChI is InChI=1S/C22H44N2O/c1-3-4-5-6-7-8-9-10-11-12-13-14-15-16-17-18-19-24-21-22(25)20-23-2/h10-11,23-24H,3-9,12-21H2,1-2H3/b11-10+. The lowest BCUT2D eigenvalue weighted by Crippen LogP contribution is -2.30. The number of likely N-dealkylation sites (N-methyl/N-ethyl adjacent to an activating group) is 1. The van der Waals surface area contributed by atoms with E-state index in [9.17, 15) is 4.79 Å². The van der Waals surface area contributed by atoms with Crippen molar-refractivity contribution in [3.05, 3.63) is 12.2 Å². The van der Waals surface area contributed by atoms with Crippen LogP contribution in [0.15, 0.2) is 12.2 Å². The third-order valence-electron chi connectivity index (χ3n) is 4.56. The molecular formula is C22H44N2O. The first-order valence-electron chi connectivity index (χ1n) is 10.8. The Morgan fingerprint density at radius 3 is 1.80 bits per heavy atom. The molecule has 3 heteroatoms. The second-order valence-electron chi connectivity index (χ2n) is 7.18. The van der Waals surface area contributed by atoms with Crippen molar-refractivity contribution < 1.29 is 4.79 Å². The van der Waals surface area contributed by atoms with E-state index in [-0.39, 0.29) is 5.78 Å². The van der Waals surface area contributed by atoms with Crippen molar-refractivity contribution in [1.82, 2.24) is 10.6 Å². The van der Waals surface area contributed by atoms with Crippen LogP contribution >= 0.6 is 0 Å². The molecule has 0 aromatic carbocycles. The molecule has 0 spiro atoms. The van der Waals surface area contributed by atoms with Crippen molar-refractivity contribution in [3.8, 4) is 0 Å². The summed E-state index contributed by atoms with van der Waals surface area (Å²) < 4.78 is 0. The first-order valence-corrected chi connectivity index (χ1v) is 10.8. The third kappa shape index (κ3) is 21.3. The minimum absolute atomic E-state index is 0.243. The third-order valence-corrected chi connectivity index (χ3v) is 4.56. The van der Waals surface area contributed by atoms with E-state index in [0.717, 1.165) is 6.54 Å². The van der Waals surface area contributed by atoms with Gasteiger partial charge in [-0.05, 0) is 45.7 Å². The molecule has 0 bridgehead atoms. The van der Waals surface area contributed by atoms with Crippen LogP contribution in [0.1, 0.15) is 96.8 Å². The zero-order valence-electron chi connectivity index (χ0n) is 17.1. The summed E-state index contributed by atoms with van der Waals surface area (Å²) in [6.07, 6.45) is 23.5. The number of allylic oxidation sites excluding steroid dienone is 2. The van der Waals surface area contributed by atoms with Gasteiger partial charge in [0.2, 0.25) is 0 Å². The van der Waals surface area contributed by atoms with E-state index in [1.165, 1.54) is 89.9 Å². The van der Waals surface area contributed by atoms with Crippen LogP contribution in [0.3, 0.4) is 0 Å². The molecule has 0 saturated heterocycles. The van der Waals surface area contributed by atoms with Crippen LogP contribution in [0.25, 0.3) is 0 Å². The van der Waals surface area contributed by atoms with Gasteiger partial charge < -0.3 is 10.6 Å². The Hall–Kier alpha value is -0.670. The highest BCUT2D eigenvalue weighted by Gasteiger charge is 1.98. The van der Waals surface area contributed by atoms with Crippen molar-refractivity contribution in [2.24, 2.45) is 0 Å². The Kier molecular flexibility index (Phi) is 20.8. The number of unbranched alkanes of at least 4 members (excludes halogenated alkanes) is 12. The second kappa shape index (κ2) is 21.4. The van der Waals surface area contributed by atoms with E-state index in [0.29, 0.717) is 13.1 Å². The van der Waals surface area contributed by atoms with Crippen molar-refractivity contribution in [1.29, 1.82) is 0 Å².